The summed E-state index contributed by atoms with van der Waals surface area (Å²) in [4.78, 5) is 49.8. The van der Waals surface area contributed by atoms with E-state index in [1.807, 2.05) is 24.3 Å². The lowest BCUT2D eigenvalue weighted by atomic mass is 9.24. The fourth-order valence-corrected chi connectivity index (χ4v) is 17.5. The third kappa shape index (κ3) is 4.59. The zero-order chi connectivity index (χ0) is 39.6. The number of fused-ring (bicyclic) bond motifs is 2. The largest absolute Gasteiger partial charge is 0.478 e. The number of carboxylic acids is 4. The summed E-state index contributed by atoms with van der Waals surface area (Å²) in [7, 11) is 0. The quantitative estimate of drug-likeness (QED) is 0.146. The fraction of sp³-hybridized carbons (Fsp3) is 0.500. The molecular weight excluding hydrogens is 705 g/mol. The first-order valence-corrected chi connectivity index (χ1v) is 20.3. The van der Waals surface area contributed by atoms with Gasteiger partial charge in [-0.05, 0) is 165 Å². The average Bonchev–Trinajstić information content (AvgIpc) is 3.06. The Morgan fingerprint density at radius 3 is 1.04 bits per heavy atom. The summed E-state index contributed by atoms with van der Waals surface area (Å²) in [5.74, 6) is -4.94. The van der Waals surface area contributed by atoms with Gasteiger partial charge in [-0.2, -0.15) is 0 Å². The predicted octanol–water partition coefficient (Wildman–Crippen LogP) is 10.7. The molecular formula is C48H50O8. The van der Waals surface area contributed by atoms with Crippen LogP contribution in [-0.4, -0.2) is 44.3 Å². The van der Waals surface area contributed by atoms with Gasteiger partial charge in [-0.15, -0.1) is 0 Å². The Hall–Kier alpha value is -4.72. The molecule has 0 aromatic heterocycles. The normalized spacial score (nSPS) is 39.0. The van der Waals surface area contributed by atoms with Gasteiger partial charge in [-0.25, -0.2) is 19.2 Å². The smallest absolute Gasteiger partial charge is 0.337 e. The molecule has 8 heteroatoms. The number of rotatable bonds is 7. The molecule has 0 aliphatic heterocycles. The Bertz CT molecular complexity index is 2300. The highest BCUT2D eigenvalue weighted by molar-refractivity contribution is 6.13. The number of carboxylic acid groups (broad SMARTS) is 4. The van der Waals surface area contributed by atoms with Gasteiger partial charge in [-0.3, -0.25) is 0 Å². The van der Waals surface area contributed by atoms with Crippen molar-refractivity contribution in [2.24, 2.45) is 32.5 Å². The lowest BCUT2D eigenvalue weighted by molar-refractivity contribution is -0.275. The van der Waals surface area contributed by atoms with Crippen molar-refractivity contribution in [3.63, 3.8) is 0 Å². The van der Waals surface area contributed by atoms with Crippen LogP contribution in [0.4, 0.5) is 0 Å². The van der Waals surface area contributed by atoms with E-state index in [2.05, 4.69) is 39.8 Å². The summed E-state index contributed by atoms with van der Waals surface area (Å²) in [5, 5.41) is 43.4. The molecule has 12 rings (SSSR count). The van der Waals surface area contributed by atoms with E-state index in [1.54, 1.807) is 12.1 Å². The van der Waals surface area contributed by atoms with E-state index in [4.69, 9.17) is 0 Å². The Kier molecular flexibility index (Phi) is 6.76. The maximum Gasteiger partial charge on any atom is 0.337 e. The van der Waals surface area contributed by atoms with E-state index in [-0.39, 0.29) is 65.6 Å². The first-order chi connectivity index (χ1) is 26.2. The standard InChI is InChI=1S/C48H50O8/c1-41-15-42(2)18-45(17-41,33-9-5-7-29-27(33)11-13-31(37(49)50)35(29)39(53)54)25-47(21-41,22-42)48-23-43(3)16-44(4,24-48)20-46(19-43,26-48)34-10-6-8-30-28(34)12-14-32(38(51)52)36(30)40(55)56/h5-14H,15-26H2,1-4H3,(H,49,50)(H,51,52)(H,53,54)(H,55,56). The molecule has 4 unspecified atom stereocenters. The van der Waals surface area contributed by atoms with Crippen LogP contribution >= 0.6 is 0 Å². The lowest BCUT2D eigenvalue weighted by Crippen LogP contribution is -2.71. The van der Waals surface area contributed by atoms with Crippen molar-refractivity contribution >= 4 is 45.4 Å². The van der Waals surface area contributed by atoms with Gasteiger partial charge >= 0.3 is 23.9 Å². The molecule has 4 aromatic rings. The van der Waals surface area contributed by atoms with Gasteiger partial charge < -0.3 is 20.4 Å². The Labute approximate surface area is 326 Å². The third-order valence-corrected chi connectivity index (χ3v) is 16.5. The molecule has 4 atom stereocenters. The van der Waals surface area contributed by atoms with Crippen LogP contribution in [0.2, 0.25) is 0 Å². The zero-order valence-corrected chi connectivity index (χ0v) is 32.7. The van der Waals surface area contributed by atoms with Crippen molar-refractivity contribution < 1.29 is 39.6 Å². The molecule has 8 fully saturated rings. The molecule has 290 valence electrons. The maximum absolute atomic E-state index is 12.7. The Morgan fingerprint density at radius 1 is 0.393 bits per heavy atom. The summed E-state index contributed by atoms with van der Waals surface area (Å²) in [6.07, 6.45) is 13.0. The van der Waals surface area contributed by atoms with Gasteiger partial charge in [0, 0.05) is 0 Å². The van der Waals surface area contributed by atoms with Crippen molar-refractivity contribution in [3.8, 4) is 0 Å². The van der Waals surface area contributed by atoms with Crippen LogP contribution in [0.5, 0.6) is 0 Å². The maximum atomic E-state index is 12.7. The highest BCUT2D eigenvalue weighted by atomic mass is 16.4. The van der Waals surface area contributed by atoms with Crippen LogP contribution in [0, 0.1) is 32.5 Å². The highest BCUT2D eigenvalue weighted by Crippen LogP contribution is 2.85. The van der Waals surface area contributed by atoms with E-state index in [1.165, 1.54) is 12.1 Å². The van der Waals surface area contributed by atoms with Crippen LogP contribution in [0.3, 0.4) is 0 Å². The van der Waals surface area contributed by atoms with Gasteiger partial charge in [0.1, 0.15) is 0 Å². The van der Waals surface area contributed by atoms with Crippen molar-refractivity contribution in [1.29, 1.82) is 0 Å². The molecule has 0 radical (unpaired) electrons. The number of aromatic carboxylic acids is 4. The Morgan fingerprint density at radius 2 is 0.732 bits per heavy atom. The van der Waals surface area contributed by atoms with Gasteiger partial charge in [0.15, 0.2) is 0 Å². The minimum absolute atomic E-state index is 0.00631. The van der Waals surface area contributed by atoms with Crippen molar-refractivity contribution in [3.05, 3.63) is 94.0 Å². The van der Waals surface area contributed by atoms with Crippen molar-refractivity contribution in [2.45, 2.75) is 116 Å². The van der Waals surface area contributed by atoms with E-state index < -0.39 is 23.9 Å². The fourth-order valence-electron chi connectivity index (χ4n) is 17.5. The highest BCUT2D eigenvalue weighted by Gasteiger charge is 2.76. The number of carbonyl (C=O) groups is 4. The molecule has 8 saturated carbocycles. The van der Waals surface area contributed by atoms with Crippen molar-refractivity contribution in [1.82, 2.24) is 0 Å². The molecule has 0 spiro atoms. The SMILES string of the molecule is CC12CC3(C)CC(c4cccc5c(C(=O)O)c(C(=O)O)ccc45)(C1)CC(C14CC5(C)CC(C)(CC(c6cccc7c(C(=O)O)c(C(=O)O)ccc67)(C5)C1)C4)(C2)C3. The van der Waals surface area contributed by atoms with Gasteiger partial charge in [-0.1, -0.05) is 76.2 Å². The van der Waals surface area contributed by atoms with E-state index >= 15 is 0 Å². The van der Waals surface area contributed by atoms with Gasteiger partial charge in [0.25, 0.3) is 0 Å². The first-order valence-electron chi connectivity index (χ1n) is 20.3. The molecule has 8 aliphatic carbocycles. The number of hydrogen-bond acceptors (Lipinski definition) is 4. The molecule has 0 amide bonds. The summed E-state index contributed by atoms with van der Waals surface area (Å²) in [5.41, 5.74) is 1.55. The van der Waals surface area contributed by atoms with Crippen LogP contribution < -0.4 is 0 Å². The van der Waals surface area contributed by atoms with Crippen LogP contribution in [0.25, 0.3) is 21.5 Å². The van der Waals surface area contributed by atoms with E-state index in [0.29, 0.717) is 10.8 Å². The molecule has 56 heavy (non-hydrogen) atoms. The van der Waals surface area contributed by atoms with Crippen LogP contribution in [0.15, 0.2) is 60.7 Å². The van der Waals surface area contributed by atoms with E-state index in [9.17, 15) is 39.6 Å². The second-order valence-corrected chi connectivity index (χ2v) is 21.5. The van der Waals surface area contributed by atoms with Crippen molar-refractivity contribution in [2.75, 3.05) is 0 Å². The van der Waals surface area contributed by atoms with Gasteiger partial charge in [0.2, 0.25) is 0 Å². The average molecular weight is 755 g/mol. The second kappa shape index (κ2) is 10.6. The second-order valence-electron chi connectivity index (χ2n) is 21.5. The summed E-state index contributed by atoms with van der Waals surface area (Å²) >= 11 is 0. The monoisotopic (exact) mass is 754 g/mol. The minimum atomic E-state index is -1.24. The number of benzene rings is 4. The molecule has 0 saturated heterocycles. The zero-order valence-electron chi connectivity index (χ0n) is 32.7. The third-order valence-electron chi connectivity index (χ3n) is 16.5. The molecule has 8 aliphatic rings. The lowest BCUT2D eigenvalue weighted by Gasteiger charge is -2.80. The first kappa shape index (κ1) is 35.7. The molecule has 4 N–H and O–H groups in total. The van der Waals surface area contributed by atoms with E-state index in [0.717, 1.165) is 98.9 Å². The molecule has 8 bridgehead atoms. The molecule has 0 heterocycles. The van der Waals surface area contributed by atoms with Crippen LogP contribution in [-0.2, 0) is 10.8 Å². The minimum Gasteiger partial charge on any atom is -0.478 e. The summed E-state index contributed by atoms with van der Waals surface area (Å²) < 4.78 is 0. The Balaban J connectivity index is 1.17. The molecule has 4 aromatic carbocycles. The summed E-state index contributed by atoms with van der Waals surface area (Å²) in [6.45, 7) is 10.0. The number of hydrogen-bond donors (Lipinski definition) is 4. The summed E-state index contributed by atoms with van der Waals surface area (Å²) in [6, 6.07) is 18.5. The molecule has 8 nitrogen and oxygen atoms in total. The predicted molar refractivity (Wildman–Crippen MR) is 212 cm³/mol. The van der Waals surface area contributed by atoms with Crippen LogP contribution in [0.1, 0.15) is 157 Å². The topological polar surface area (TPSA) is 149 Å². The van der Waals surface area contributed by atoms with Gasteiger partial charge in [0.05, 0.1) is 22.3 Å².